The van der Waals surface area contributed by atoms with Gasteiger partial charge in [0.2, 0.25) is 9.84 Å². The molecule has 1 atom stereocenters. The van der Waals surface area contributed by atoms with E-state index >= 15 is 0 Å². The van der Waals surface area contributed by atoms with Gasteiger partial charge < -0.3 is 9.64 Å². The van der Waals surface area contributed by atoms with Crippen LogP contribution in [0.4, 0.5) is 14.5 Å². The number of ether oxygens (including phenoxy) is 1. The molecular weight excluding hydrogens is 416 g/mol. The van der Waals surface area contributed by atoms with E-state index in [2.05, 4.69) is 15.9 Å². The molecule has 4 nitrogen and oxygen atoms in total. The van der Waals surface area contributed by atoms with E-state index in [1.165, 1.54) is 12.1 Å². The first-order valence-electron chi connectivity index (χ1n) is 7.62. The third kappa shape index (κ3) is 3.86. The van der Waals surface area contributed by atoms with Crippen molar-refractivity contribution in [3.05, 3.63) is 58.6 Å². The maximum absolute atomic E-state index is 12.6. The first kappa shape index (κ1) is 18.3. The van der Waals surface area contributed by atoms with E-state index in [0.717, 1.165) is 15.7 Å². The molecule has 0 aromatic heterocycles. The molecule has 25 heavy (non-hydrogen) atoms. The standard InChI is InChI=1S/C17H16BrF2NO3S/c18-15-4-2-1-3-14(15)16-11-21(9-10-24-16)12-5-7-13(8-6-12)25(22,23)17(19)20/h1-8,16-17H,9-11H2. The highest BCUT2D eigenvalue weighted by atomic mass is 79.9. The minimum atomic E-state index is -4.57. The molecule has 1 fully saturated rings. The van der Waals surface area contributed by atoms with Gasteiger partial charge in [-0.1, -0.05) is 34.1 Å². The highest BCUT2D eigenvalue weighted by molar-refractivity contribution is 9.10. The van der Waals surface area contributed by atoms with E-state index in [4.69, 9.17) is 4.74 Å². The molecular formula is C17H16BrF2NO3S. The van der Waals surface area contributed by atoms with Crippen LogP contribution in [0.5, 0.6) is 0 Å². The third-order valence-corrected chi connectivity index (χ3v) is 6.20. The van der Waals surface area contributed by atoms with Crippen LogP contribution >= 0.6 is 15.9 Å². The van der Waals surface area contributed by atoms with Gasteiger partial charge in [0, 0.05) is 23.2 Å². The first-order chi connectivity index (χ1) is 11.9. The highest BCUT2D eigenvalue weighted by Gasteiger charge is 2.27. The van der Waals surface area contributed by atoms with Crippen LogP contribution in [-0.4, -0.2) is 33.9 Å². The average Bonchev–Trinajstić information content (AvgIpc) is 2.62. The predicted octanol–water partition coefficient (Wildman–Crippen LogP) is 4.02. The second kappa shape index (κ2) is 7.39. The van der Waals surface area contributed by atoms with Crippen molar-refractivity contribution in [1.29, 1.82) is 0 Å². The number of alkyl halides is 2. The van der Waals surface area contributed by atoms with Crippen LogP contribution in [-0.2, 0) is 14.6 Å². The van der Waals surface area contributed by atoms with Crippen LogP contribution in [0.15, 0.2) is 57.9 Å². The Morgan fingerprint density at radius 1 is 1.12 bits per heavy atom. The molecule has 0 bridgehead atoms. The molecule has 2 aromatic carbocycles. The lowest BCUT2D eigenvalue weighted by Gasteiger charge is -2.35. The summed E-state index contributed by atoms with van der Waals surface area (Å²) in [5, 5.41) is 0. The van der Waals surface area contributed by atoms with Gasteiger partial charge in [0.05, 0.1) is 11.5 Å². The number of morpholine rings is 1. The van der Waals surface area contributed by atoms with Crippen molar-refractivity contribution >= 4 is 31.5 Å². The molecule has 1 aliphatic heterocycles. The van der Waals surface area contributed by atoms with Gasteiger partial charge in [-0.3, -0.25) is 0 Å². The van der Waals surface area contributed by atoms with Crippen molar-refractivity contribution < 1.29 is 21.9 Å². The van der Waals surface area contributed by atoms with Gasteiger partial charge in [0.15, 0.2) is 0 Å². The van der Waals surface area contributed by atoms with Gasteiger partial charge in [-0.25, -0.2) is 8.42 Å². The van der Waals surface area contributed by atoms with Crippen LogP contribution < -0.4 is 4.90 Å². The summed E-state index contributed by atoms with van der Waals surface area (Å²) >= 11 is 3.52. The van der Waals surface area contributed by atoms with Gasteiger partial charge in [-0.2, -0.15) is 8.78 Å². The first-order valence-corrected chi connectivity index (χ1v) is 9.96. The molecule has 3 rings (SSSR count). The molecule has 1 unspecified atom stereocenters. The summed E-state index contributed by atoms with van der Waals surface area (Å²) in [5.41, 5.74) is 1.80. The van der Waals surface area contributed by atoms with Crippen LogP contribution in [0.2, 0.25) is 0 Å². The Hall–Kier alpha value is -1.51. The second-order valence-electron chi connectivity index (χ2n) is 5.63. The minimum Gasteiger partial charge on any atom is -0.370 e. The van der Waals surface area contributed by atoms with Crippen LogP contribution in [0.1, 0.15) is 11.7 Å². The molecule has 1 saturated heterocycles. The number of benzene rings is 2. The summed E-state index contributed by atoms with van der Waals surface area (Å²) in [7, 11) is -4.57. The molecule has 8 heteroatoms. The fourth-order valence-electron chi connectivity index (χ4n) is 2.76. The normalized spacial score (nSPS) is 18.6. The van der Waals surface area contributed by atoms with Crippen LogP contribution in [0, 0.1) is 0 Å². The molecule has 1 aliphatic rings. The lowest BCUT2D eigenvalue weighted by Crippen LogP contribution is -2.38. The molecule has 2 aromatic rings. The van der Waals surface area contributed by atoms with Gasteiger partial charge in [0.1, 0.15) is 6.10 Å². The molecule has 0 amide bonds. The van der Waals surface area contributed by atoms with Crippen molar-refractivity contribution in [3.8, 4) is 0 Å². The Labute approximate surface area is 153 Å². The average molecular weight is 432 g/mol. The topological polar surface area (TPSA) is 46.6 Å². The maximum atomic E-state index is 12.6. The van der Waals surface area contributed by atoms with Crippen molar-refractivity contribution in [2.75, 3.05) is 24.6 Å². The van der Waals surface area contributed by atoms with Crippen molar-refractivity contribution in [2.45, 2.75) is 16.8 Å². The van der Waals surface area contributed by atoms with E-state index in [1.807, 2.05) is 29.2 Å². The van der Waals surface area contributed by atoms with Crippen molar-refractivity contribution in [2.24, 2.45) is 0 Å². The summed E-state index contributed by atoms with van der Waals surface area (Å²) < 4.78 is 55.0. The Morgan fingerprint density at radius 2 is 1.80 bits per heavy atom. The number of halogens is 3. The van der Waals surface area contributed by atoms with Gasteiger partial charge >= 0.3 is 5.76 Å². The molecule has 134 valence electrons. The maximum Gasteiger partial charge on any atom is 0.341 e. The van der Waals surface area contributed by atoms with Gasteiger partial charge in [0.25, 0.3) is 0 Å². The van der Waals surface area contributed by atoms with Crippen molar-refractivity contribution in [1.82, 2.24) is 0 Å². The van der Waals surface area contributed by atoms with E-state index in [9.17, 15) is 17.2 Å². The lowest BCUT2D eigenvalue weighted by molar-refractivity contribution is 0.0393. The Balaban J connectivity index is 1.79. The lowest BCUT2D eigenvalue weighted by atomic mass is 10.1. The largest absolute Gasteiger partial charge is 0.370 e. The van der Waals surface area contributed by atoms with E-state index in [0.29, 0.717) is 19.7 Å². The summed E-state index contributed by atoms with van der Waals surface area (Å²) in [4.78, 5) is 1.67. The van der Waals surface area contributed by atoms with Gasteiger partial charge in [-0.15, -0.1) is 0 Å². The summed E-state index contributed by atoms with van der Waals surface area (Å²) in [6.45, 7) is 1.74. The number of hydrogen-bond acceptors (Lipinski definition) is 4. The molecule has 0 aliphatic carbocycles. The van der Waals surface area contributed by atoms with Crippen molar-refractivity contribution in [3.63, 3.8) is 0 Å². The molecule has 0 spiro atoms. The van der Waals surface area contributed by atoms with Gasteiger partial charge in [-0.05, 0) is 35.9 Å². The number of rotatable bonds is 4. The van der Waals surface area contributed by atoms with E-state index in [1.54, 1.807) is 12.1 Å². The third-order valence-electron chi connectivity index (χ3n) is 4.08. The summed E-state index contributed by atoms with van der Waals surface area (Å²) in [6.07, 6.45) is -0.131. The zero-order valence-corrected chi connectivity index (χ0v) is 15.5. The SMILES string of the molecule is O=S(=O)(c1ccc(N2CCOC(c3ccccc3Br)C2)cc1)C(F)F. The van der Waals surface area contributed by atoms with Crippen LogP contribution in [0.25, 0.3) is 0 Å². The van der Waals surface area contributed by atoms with Crippen LogP contribution in [0.3, 0.4) is 0 Å². The number of nitrogens with zero attached hydrogens (tertiary/aromatic N) is 1. The Kier molecular flexibility index (Phi) is 5.41. The molecule has 0 radical (unpaired) electrons. The predicted molar refractivity (Wildman–Crippen MR) is 94.7 cm³/mol. The Bertz CT molecular complexity index is 843. The minimum absolute atomic E-state index is 0.131. The smallest absolute Gasteiger partial charge is 0.341 e. The number of anilines is 1. The fraction of sp³-hybridized carbons (Fsp3) is 0.294. The number of sulfone groups is 1. The summed E-state index contributed by atoms with van der Waals surface area (Å²) in [6, 6.07) is 13.3. The van der Waals surface area contributed by atoms with E-state index in [-0.39, 0.29) is 11.0 Å². The zero-order chi connectivity index (χ0) is 18.0. The van der Waals surface area contributed by atoms with E-state index < -0.39 is 15.6 Å². The fourth-order valence-corrected chi connectivity index (χ4v) is 4.02. The second-order valence-corrected chi connectivity index (χ2v) is 8.40. The molecule has 1 heterocycles. The zero-order valence-electron chi connectivity index (χ0n) is 13.1. The highest BCUT2D eigenvalue weighted by Crippen LogP contribution is 2.31. The monoisotopic (exact) mass is 431 g/mol. The molecule has 0 saturated carbocycles. The summed E-state index contributed by atoms with van der Waals surface area (Å²) in [5.74, 6) is -3.42. The Morgan fingerprint density at radius 3 is 2.44 bits per heavy atom. The molecule has 0 N–H and O–H groups in total. The number of hydrogen-bond donors (Lipinski definition) is 0. The quantitative estimate of drug-likeness (QED) is 0.733.